The Kier molecular flexibility index (Phi) is 6.72. The van der Waals surface area contributed by atoms with Crippen molar-refractivity contribution in [2.24, 2.45) is 0 Å². The summed E-state index contributed by atoms with van der Waals surface area (Å²) in [5.74, 6) is -0.703. The van der Waals surface area contributed by atoms with E-state index in [-0.39, 0.29) is 11.9 Å². The number of carboxylic acids is 1. The fourth-order valence-corrected chi connectivity index (χ4v) is 2.46. The van der Waals surface area contributed by atoms with Gasteiger partial charge in [0, 0.05) is 13.5 Å². The summed E-state index contributed by atoms with van der Waals surface area (Å²) in [4.78, 5) is 24.4. The van der Waals surface area contributed by atoms with Crippen LogP contribution in [0.15, 0.2) is 0 Å². The first-order valence-electron chi connectivity index (χ1n) is 6.82. The molecule has 0 aromatic heterocycles. The first-order chi connectivity index (χ1) is 8.65. The van der Waals surface area contributed by atoms with Gasteiger partial charge in [-0.1, -0.05) is 19.3 Å². The molecule has 104 valence electrons. The highest BCUT2D eigenvalue weighted by atomic mass is 16.4. The number of nitrogens with one attached hydrogen (secondary N) is 1. The molecule has 18 heavy (non-hydrogen) atoms. The number of hydrogen-bond donors (Lipinski definition) is 2. The van der Waals surface area contributed by atoms with Gasteiger partial charge in [0.1, 0.15) is 6.04 Å². The zero-order valence-corrected chi connectivity index (χ0v) is 11.2. The highest BCUT2D eigenvalue weighted by molar-refractivity contribution is 5.75. The van der Waals surface area contributed by atoms with Crippen molar-refractivity contribution in [3.63, 3.8) is 0 Å². The molecule has 1 amide bonds. The van der Waals surface area contributed by atoms with Crippen LogP contribution in [0.1, 0.15) is 44.9 Å². The minimum atomic E-state index is -0.725. The number of carbonyl (C=O) groups is 2. The van der Waals surface area contributed by atoms with Gasteiger partial charge in [-0.2, -0.15) is 0 Å². The van der Waals surface area contributed by atoms with E-state index in [1.165, 1.54) is 6.42 Å². The summed E-state index contributed by atoms with van der Waals surface area (Å²) >= 11 is 0. The number of aliphatic carboxylic acids is 1. The molecule has 2 N–H and O–H groups in total. The summed E-state index contributed by atoms with van der Waals surface area (Å²) in [5.41, 5.74) is 0. The number of nitrogens with zero attached hydrogens (tertiary/aromatic N) is 1. The van der Waals surface area contributed by atoms with Crippen LogP contribution in [0.2, 0.25) is 0 Å². The Bertz CT molecular complexity index is 281. The predicted octanol–water partition coefficient (Wildman–Crippen LogP) is 1.23. The molecule has 1 aliphatic heterocycles. The lowest BCUT2D eigenvalue weighted by molar-refractivity contribution is -0.143. The third-order valence-corrected chi connectivity index (χ3v) is 3.53. The van der Waals surface area contributed by atoms with Gasteiger partial charge in [0.15, 0.2) is 0 Å². The van der Waals surface area contributed by atoms with Crippen molar-refractivity contribution in [2.45, 2.75) is 51.0 Å². The number of rotatable bonds is 5. The van der Waals surface area contributed by atoms with E-state index in [1.807, 2.05) is 4.90 Å². The van der Waals surface area contributed by atoms with Gasteiger partial charge in [-0.3, -0.25) is 14.5 Å². The van der Waals surface area contributed by atoms with Crippen molar-refractivity contribution < 1.29 is 14.7 Å². The average Bonchev–Trinajstić information content (AvgIpc) is 2.31. The lowest BCUT2D eigenvalue weighted by Crippen LogP contribution is -2.43. The van der Waals surface area contributed by atoms with Crippen LogP contribution in [0, 0.1) is 0 Å². The molecule has 0 saturated carbocycles. The second kappa shape index (κ2) is 8.08. The van der Waals surface area contributed by atoms with Crippen molar-refractivity contribution in [1.82, 2.24) is 10.2 Å². The van der Waals surface area contributed by atoms with Crippen LogP contribution in [0.3, 0.4) is 0 Å². The van der Waals surface area contributed by atoms with Crippen LogP contribution in [-0.4, -0.2) is 48.1 Å². The van der Waals surface area contributed by atoms with Gasteiger partial charge in [0.05, 0.1) is 0 Å². The maximum absolute atomic E-state index is 11.3. The normalized spacial score (nSPS) is 21.9. The molecule has 1 fully saturated rings. The van der Waals surface area contributed by atoms with Crippen molar-refractivity contribution in [3.05, 3.63) is 0 Å². The minimum Gasteiger partial charge on any atom is -0.480 e. The third kappa shape index (κ3) is 5.04. The van der Waals surface area contributed by atoms with Crippen molar-refractivity contribution in [1.29, 1.82) is 0 Å². The fourth-order valence-electron chi connectivity index (χ4n) is 2.46. The Labute approximate surface area is 109 Å². The maximum Gasteiger partial charge on any atom is 0.320 e. The Morgan fingerprint density at radius 2 is 2.00 bits per heavy atom. The van der Waals surface area contributed by atoms with E-state index in [1.54, 1.807) is 7.05 Å². The number of likely N-dealkylation sites (tertiary alicyclic amines) is 1. The molecular formula is C13H24N2O3. The number of hydrogen-bond acceptors (Lipinski definition) is 3. The van der Waals surface area contributed by atoms with E-state index in [4.69, 9.17) is 0 Å². The first-order valence-corrected chi connectivity index (χ1v) is 6.82. The second-order valence-electron chi connectivity index (χ2n) is 4.87. The van der Waals surface area contributed by atoms with E-state index in [9.17, 15) is 14.7 Å². The molecule has 1 saturated heterocycles. The van der Waals surface area contributed by atoms with Crippen LogP contribution in [0.4, 0.5) is 0 Å². The van der Waals surface area contributed by atoms with E-state index >= 15 is 0 Å². The van der Waals surface area contributed by atoms with E-state index in [0.717, 1.165) is 38.6 Å². The first kappa shape index (κ1) is 15.0. The topological polar surface area (TPSA) is 69.6 Å². The molecule has 1 aliphatic rings. The van der Waals surface area contributed by atoms with Crippen molar-refractivity contribution in [2.75, 3.05) is 20.1 Å². The van der Waals surface area contributed by atoms with Crippen molar-refractivity contribution in [3.8, 4) is 0 Å². The van der Waals surface area contributed by atoms with Crippen molar-refractivity contribution >= 4 is 11.9 Å². The molecular weight excluding hydrogens is 232 g/mol. The van der Waals surface area contributed by atoms with Crippen LogP contribution >= 0.6 is 0 Å². The Hall–Kier alpha value is -1.10. The molecule has 0 bridgehead atoms. The summed E-state index contributed by atoms with van der Waals surface area (Å²) < 4.78 is 0. The molecule has 0 aliphatic carbocycles. The lowest BCUT2D eigenvalue weighted by Gasteiger charge is -2.30. The molecule has 1 atom stereocenters. The largest absolute Gasteiger partial charge is 0.480 e. The molecule has 0 aromatic carbocycles. The molecule has 5 nitrogen and oxygen atoms in total. The van der Waals surface area contributed by atoms with Gasteiger partial charge < -0.3 is 10.4 Å². The molecule has 1 heterocycles. The van der Waals surface area contributed by atoms with Crippen LogP contribution in [-0.2, 0) is 9.59 Å². The Balaban J connectivity index is 2.45. The van der Waals surface area contributed by atoms with E-state index in [0.29, 0.717) is 13.0 Å². The molecule has 0 spiro atoms. The van der Waals surface area contributed by atoms with Crippen LogP contribution in [0.5, 0.6) is 0 Å². The Morgan fingerprint density at radius 1 is 1.28 bits per heavy atom. The van der Waals surface area contributed by atoms with Crippen LogP contribution < -0.4 is 5.32 Å². The molecule has 0 radical (unpaired) electrons. The second-order valence-corrected chi connectivity index (χ2v) is 4.87. The Morgan fingerprint density at radius 3 is 2.67 bits per heavy atom. The standard InChI is InChI=1S/C13H24N2O3/c1-14-12(16)8-6-10-15-9-5-3-2-4-7-11(15)13(17)18/h11H,2-10H2,1H3,(H,14,16)(H,17,18). The van der Waals surface area contributed by atoms with Gasteiger partial charge >= 0.3 is 5.97 Å². The number of carbonyl (C=O) groups excluding carboxylic acids is 1. The average molecular weight is 256 g/mol. The molecule has 1 unspecified atom stereocenters. The molecule has 1 rings (SSSR count). The van der Waals surface area contributed by atoms with E-state index < -0.39 is 5.97 Å². The van der Waals surface area contributed by atoms with Crippen LogP contribution in [0.25, 0.3) is 0 Å². The smallest absolute Gasteiger partial charge is 0.320 e. The minimum absolute atomic E-state index is 0.0221. The highest BCUT2D eigenvalue weighted by Crippen LogP contribution is 2.17. The fraction of sp³-hybridized carbons (Fsp3) is 0.846. The summed E-state index contributed by atoms with van der Waals surface area (Å²) in [7, 11) is 1.62. The summed E-state index contributed by atoms with van der Waals surface area (Å²) in [6.07, 6.45) is 6.29. The van der Waals surface area contributed by atoms with Gasteiger partial charge in [-0.15, -0.1) is 0 Å². The lowest BCUT2D eigenvalue weighted by atomic mass is 10.0. The van der Waals surface area contributed by atoms with E-state index in [2.05, 4.69) is 5.32 Å². The highest BCUT2D eigenvalue weighted by Gasteiger charge is 2.25. The molecule has 5 heteroatoms. The monoisotopic (exact) mass is 256 g/mol. The summed E-state index contributed by atoms with van der Waals surface area (Å²) in [6.45, 7) is 1.54. The van der Waals surface area contributed by atoms with Gasteiger partial charge in [0.2, 0.25) is 5.91 Å². The number of amides is 1. The summed E-state index contributed by atoms with van der Waals surface area (Å²) in [6, 6.07) is -0.366. The number of carboxylic acid groups (broad SMARTS) is 1. The zero-order valence-electron chi connectivity index (χ0n) is 11.2. The van der Waals surface area contributed by atoms with Gasteiger partial charge in [-0.25, -0.2) is 0 Å². The predicted molar refractivity (Wildman–Crippen MR) is 69.4 cm³/mol. The summed E-state index contributed by atoms with van der Waals surface area (Å²) in [5, 5.41) is 11.8. The SMILES string of the molecule is CNC(=O)CCCN1CCCCCCC1C(=O)O. The van der Waals surface area contributed by atoms with Gasteiger partial charge in [0.25, 0.3) is 0 Å². The quantitative estimate of drug-likeness (QED) is 0.776. The third-order valence-electron chi connectivity index (χ3n) is 3.53. The zero-order chi connectivity index (χ0) is 13.4. The van der Waals surface area contributed by atoms with Gasteiger partial charge in [-0.05, 0) is 32.4 Å². The maximum atomic E-state index is 11.3. The molecule has 0 aromatic rings.